The Labute approximate surface area is 87.8 Å². The standard InChI is InChI=1S/C8H10N4O.ClH/c9-8(12-10-6-13)11-7-4-2-1-3-5-7;/h1-6H,(H,10,13)(H3,9,11,12);1H. The van der Waals surface area contributed by atoms with Gasteiger partial charge in [0, 0.05) is 0 Å². The molecule has 0 unspecified atom stereocenters. The van der Waals surface area contributed by atoms with Crippen LogP contribution >= 0.6 is 12.4 Å². The van der Waals surface area contributed by atoms with E-state index in [1.807, 2.05) is 18.2 Å². The highest BCUT2D eigenvalue weighted by Gasteiger charge is 1.89. The molecule has 4 N–H and O–H groups in total. The fraction of sp³-hybridized carbons (Fsp3) is 0. The van der Waals surface area contributed by atoms with E-state index in [9.17, 15) is 4.79 Å². The molecule has 0 bridgehead atoms. The third-order valence-corrected chi connectivity index (χ3v) is 1.26. The Bertz CT molecular complexity index is 301. The number of hydrazine groups is 1. The van der Waals surface area contributed by atoms with Crippen LogP contribution in [0.3, 0.4) is 0 Å². The highest BCUT2D eigenvalue weighted by Crippen LogP contribution is 2.08. The molecule has 1 rings (SSSR count). The second-order valence-electron chi connectivity index (χ2n) is 2.22. The highest BCUT2D eigenvalue weighted by molar-refractivity contribution is 5.85. The molecule has 1 amide bonds. The van der Waals surface area contributed by atoms with Crippen molar-refractivity contribution in [3.8, 4) is 0 Å². The van der Waals surface area contributed by atoms with E-state index < -0.39 is 0 Å². The van der Waals surface area contributed by atoms with Gasteiger partial charge >= 0.3 is 0 Å². The molecule has 6 heteroatoms. The summed E-state index contributed by atoms with van der Waals surface area (Å²) < 4.78 is 0. The van der Waals surface area contributed by atoms with Crippen LogP contribution in [0.5, 0.6) is 0 Å². The third-order valence-electron chi connectivity index (χ3n) is 1.26. The molecule has 5 nitrogen and oxygen atoms in total. The summed E-state index contributed by atoms with van der Waals surface area (Å²) in [5.74, 6) is 0.137. The molecule has 0 radical (unpaired) electrons. The lowest BCUT2D eigenvalue weighted by Crippen LogP contribution is -2.41. The Hall–Kier alpha value is -1.75. The SMILES string of the molecule is Cl.NC(=Nc1ccccc1)NNC=O. The van der Waals surface area contributed by atoms with Crippen molar-refractivity contribution in [2.45, 2.75) is 0 Å². The number of nitrogens with one attached hydrogen (secondary N) is 2. The molecular formula is C8H11ClN4O. The van der Waals surface area contributed by atoms with Crippen LogP contribution < -0.4 is 16.6 Å². The number of halogens is 1. The Kier molecular flexibility index (Phi) is 5.89. The first kappa shape index (κ1) is 12.2. The van der Waals surface area contributed by atoms with Gasteiger partial charge in [-0.15, -0.1) is 12.4 Å². The van der Waals surface area contributed by atoms with Crippen molar-refractivity contribution in [1.29, 1.82) is 0 Å². The third kappa shape index (κ3) is 4.32. The predicted octanol–water partition coefficient (Wildman–Crippen LogP) is 0.305. The molecule has 0 fully saturated rings. The summed E-state index contributed by atoms with van der Waals surface area (Å²) in [5, 5.41) is 0. The Balaban J connectivity index is 0.00000169. The summed E-state index contributed by atoms with van der Waals surface area (Å²) in [6.07, 6.45) is 0.480. The minimum absolute atomic E-state index is 0. The minimum Gasteiger partial charge on any atom is -0.368 e. The summed E-state index contributed by atoms with van der Waals surface area (Å²) in [6.45, 7) is 0. The quantitative estimate of drug-likeness (QED) is 0.293. The summed E-state index contributed by atoms with van der Waals surface area (Å²) in [5.41, 5.74) is 10.7. The van der Waals surface area contributed by atoms with E-state index in [-0.39, 0.29) is 18.4 Å². The van der Waals surface area contributed by atoms with Gasteiger partial charge in [-0.25, -0.2) is 4.99 Å². The van der Waals surface area contributed by atoms with Gasteiger partial charge in [0.25, 0.3) is 0 Å². The molecule has 0 aliphatic heterocycles. The number of para-hydroxylation sites is 1. The van der Waals surface area contributed by atoms with E-state index >= 15 is 0 Å². The molecule has 0 aliphatic carbocycles. The maximum absolute atomic E-state index is 9.88. The van der Waals surface area contributed by atoms with Crippen LogP contribution in [-0.4, -0.2) is 12.4 Å². The summed E-state index contributed by atoms with van der Waals surface area (Å²) in [7, 11) is 0. The maximum Gasteiger partial charge on any atom is 0.225 e. The number of benzene rings is 1. The zero-order valence-electron chi connectivity index (χ0n) is 7.31. The Morgan fingerprint density at radius 2 is 2.00 bits per heavy atom. The lowest BCUT2D eigenvalue weighted by atomic mass is 10.3. The van der Waals surface area contributed by atoms with Gasteiger partial charge in [-0.1, -0.05) is 18.2 Å². The van der Waals surface area contributed by atoms with E-state index in [1.54, 1.807) is 12.1 Å². The first-order valence-electron chi connectivity index (χ1n) is 3.67. The summed E-state index contributed by atoms with van der Waals surface area (Å²) >= 11 is 0. The number of rotatable bonds is 3. The number of carbonyl (C=O) groups excluding carboxylic acids is 1. The zero-order chi connectivity index (χ0) is 9.52. The second kappa shape index (κ2) is 6.73. The van der Waals surface area contributed by atoms with E-state index in [0.717, 1.165) is 5.69 Å². The molecule has 76 valence electrons. The van der Waals surface area contributed by atoms with Crippen LogP contribution in [-0.2, 0) is 4.79 Å². The molecule has 0 heterocycles. The molecule has 0 atom stereocenters. The number of nitrogens with zero attached hydrogens (tertiary/aromatic N) is 1. The van der Waals surface area contributed by atoms with E-state index in [0.29, 0.717) is 6.41 Å². The van der Waals surface area contributed by atoms with Gasteiger partial charge in [-0.2, -0.15) is 0 Å². The topological polar surface area (TPSA) is 79.5 Å². The monoisotopic (exact) mass is 214 g/mol. The molecule has 1 aromatic rings. The molecule has 0 saturated heterocycles. The Morgan fingerprint density at radius 1 is 1.36 bits per heavy atom. The fourth-order valence-corrected chi connectivity index (χ4v) is 0.773. The predicted molar refractivity (Wildman–Crippen MR) is 57.3 cm³/mol. The smallest absolute Gasteiger partial charge is 0.225 e. The minimum atomic E-state index is 0. The number of carbonyl (C=O) groups is 1. The van der Waals surface area contributed by atoms with Crippen molar-refractivity contribution in [2.24, 2.45) is 10.7 Å². The molecule has 0 spiro atoms. The number of amides is 1. The van der Waals surface area contributed by atoms with E-state index in [1.165, 1.54) is 0 Å². The fourth-order valence-electron chi connectivity index (χ4n) is 0.773. The van der Waals surface area contributed by atoms with Gasteiger partial charge in [-0.05, 0) is 12.1 Å². The maximum atomic E-state index is 9.88. The van der Waals surface area contributed by atoms with Crippen molar-refractivity contribution in [3.05, 3.63) is 30.3 Å². The molecule has 0 aromatic heterocycles. The lowest BCUT2D eigenvalue weighted by Gasteiger charge is -2.01. The van der Waals surface area contributed by atoms with Crippen LogP contribution in [0.2, 0.25) is 0 Å². The van der Waals surface area contributed by atoms with Crippen LogP contribution in [0.4, 0.5) is 5.69 Å². The number of guanidine groups is 1. The largest absolute Gasteiger partial charge is 0.368 e. The average molecular weight is 215 g/mol. The van der Waals surface area contributed by atoms with Gasteiger partial charge in [-0.3, -0.25) is 15.6 Å². The normalized spacial score (nSPS) is 9.86. The van der Waals surface area contributed by atoms with Crippen molar-refractivity contribution in [2.75, 3.05) is 0 Å². The number of hydrogen-bond donors (Lipinski definition) is 3. The number of aliphatic imine (C=N–C) groups is 1. The van der Waals surface area contributed by atoms with Crippen molar-refractivity contribution >= 4 is 30.5 Å². The van der Waals surface area contributed by atoms with Crippen molar-refractivity contribution in [3.63, 3.8) is 0 Å². The van der Waals surface area contributed by atoms with E-state index in [4.69, 9.17) is 5.73 Å². The van der Waals surface area contributed by atoms with E-state index in [2.05, 4.69) is 15.8 Å². The second-order valence-corrected chi connectivity index (χ2v) is 2.22. The molecule has 0 saturated carbocycles. The first-order chi connectivity index (χ1) is 6.33. The number of nitrogens with two attached hydrogens (primary N) is 1. The van der Waals surface area contributed by atoms with Crippen LogP contribution in [0, 0.1) is 0 Å². The van der Waals surface area contributed by atoms with Gasteiger partial charge < -0.3 is 5.73 Å². The van der Waals surface area contributed by atoms with Crippen molar-refractivity contribution < 1.29 is 4.79 Å². The zero-order valence-corrected chi connectivity index (χ0v) is 8.12. The molecule has 0 aliphatic rings. The molecule has 1 aromatic carbocycles. The van der Waals surface area contributed by atoms with Gasteiger partial charge in [0.1, 0.15) is 0 Å². The Morgan fingerprint density at radius 3 is 2.57 bits per heavy atom. The lowest BCUT2D eigenvalue weighted by molar-refractivity contribution is -0.110. The average Bonchev–Trinajstić information content (AvgIpc) is 2.16. The van der Waals surface area contributed by atoms with Crippen LogP contribution in [0.1, 0.15) is 0 Å². The molecule has 14 heavy (non-hydrogen) atoms. The first-order valence-corrected chi connectivity index (χ1v) is 3.67. The van der Waals surface area contributed by atoms with Crippen molar-refractivity contribution in [1.82, 2.24) is 10.9 Å². The van der Waals surface area contributed by atoms with Gasteiger partial charge in [0.2, 0.25) is 12.4 Å². The number of hydrogen-bond acceptors (Lipinski definition) is 2. The summed E-state index contributed by atoms with van der Waals surface area (Å²) in [6, 6.07) is 9.18. The summed E-state index contributed by atoms with van der Waals surface area (Å²) in [4.78, 5) is 13.8. The van der Waals surface area contributed by atoms with Gasteiger partial charge in [0.05, 0.1) is 5.69 Å². The van der Waals surface area contributed by atoms with Gasteiger partial charge in [0.15, 0.2) is 0 Å². The highest BCUT2D eigenvalue weighted by atomic mass is 35.5. The molecular weight excluding hydrogens is 204 g/mol. The van der Waals surface area contributed by atoms with Crippen LogP contribution in [0.15, 0.2) is 35.3 Å². The van der Waals surface area contributed by atoms with Crippen LogP contribution in [0.25, 0.3) is 0 Å².